The molecule has 526 valence electrons. The maximum Gasteiger partial charge on any atom is 0.416 e. The summed E-state index contributed by atoms with van der Waals surface area (Å²) in [4.78, 5) is 83.0. The summed E-state index contributed by atoms with van der Waals surface area (Å²) in [5.74, 6) is -1.77. The number of unbranched alkanes of at least 4 members (excludes halogenated alkanes) is 2. The Bertz CT molecular complexity index is 3680. The third-order valence-corrected chi connectivity index (χ3v) is 21.1. The molecule has 3 aliphatic heterocycles. The first kappa shape index (κ1) is 73.0. The number of para-hydroxylation sites is 1. The van der Waals surface area contributed by atoms with Crippen molar-refractivity contribution in [2.45, 2.75) is 113 Å². The molecule has 5 amide bonds. The predicted octanol–water partition coefficient (Wildman–Crippen LogP) is 13.0. The molecule has 0 bridgehead atoms. The highest BCUT2D eigenvalue weighted by atomic mass is 32.1. The fourth-order valence-electron chi connectivity index (χ4n) is 14.3. The van der Waals surface area contributed by atoms with Gasteiger partial charge in [-0.3, -0.25) is 24.1 Å². The van der Waals surface area contributed by atoms with Crippen LogP contribution >= 0.6 is 11.3 Å². The summed E-state index contributed by atoms with van der Waals surface area (Å²) in [6, 6.07) is 35.6. The Hall–Kier alpha value is -7.74. The van der Waals surface area contributed by atoms with Crippen LogP contribution in [0.3, 0.4) is 0 Å². The molecule has 6 aromatic rings. The summed E-state index contributed by atoms with van der Waals surface area (Å²) in [5.41, 5.74) is -0.322. The molecule has 0 radical (unpaired) electrons. The van der Waals surface area contributed by atoms with Crippen molar-refractivity contribution in [1.82, 2.24) is 34.3 Å². The minimum absolute atomic E-state index is 0.0279. The van der Waals surface area contributed by atoms with Gasteiger partial charge in [0.05, 0.1) is 34.3 Å². The Morgan fingerprint density at radius 1 is 0.673 bits per heavy atom. The van der Waals surface area contributed by atoms with Gasteiger partial charge in [0.15, 0.2) is 0 Å². The quantitative estimate of drug-likeness (QED) is 0.0388. The van der Waals surface area contributed by atoms with Crippen molar-refractivity contribution < 1.29 is 69.3 Å². The maximum absolute atomic E-state index is 14.3. The van der Waals surface area contributed by atoms with Crippen LogP contribution in [0.15, 0.2) is 133 Å². The average molecular weight is 1380 g/mol. The molecule has 24 heteroatoms. The van der Waals surface area contributed by atoms with E-state index >= 15 is 0 Å². The Kier molecular flexibility index (Phi) is 23.9. The molecule has 10 rings (SSSR count). The number of carbonyl (C=O) groups excluding carboxylic acids is 4. The first-order valence-electron chi connectivity index (χ1n) is 33.6. The zero-order valence-corrected chi connectivity index (χ0v) is 56.8. The van der Waals surface area contributed by atoms with Crippen LogP contribution in [0, 0.1) is 5.82 Å². The minimum Gasteiger partial charge on any atom is -0.465 e. The molecule has 1 aromatic heterocycles. The lowest BCUT2D eigenvalue weighted by atomic mass is 9.72. The molecule has 16 nitrogen and oxygen atoms in total. The van der Waals surface area contributed by atoms with Crippen LogP contribution in [0.5, 0.6) is 0 Å². The van der Waals surface area contributed by atoms with E-state index in [1.54, 1.807) is 28.8 Å². The summed E-state index contributed by atoms with van der Waals surface area (Å²) in [6.45, 7) is 6.05. The number of benzene rings is 5. The van der Waals surface area contributed by atoms with Crippen molar-refractivity contribution in [3.05, 3.63) is 182 Å². The van der Waals surface area contributed by atoms with E-state index < -0.39 is 64.6 Å². The zero-order chi connectivity index (χ0) is 69.9. The number of hydrogen-bond acceptors (Lipinski definition) is 11. The number of carboxylic acid groups (broad SMARTS) is 1. The number of fused-ring (bicyclic) bond motifs is 2. The van der Waals surface area contributed by atoms with Gasteiger partial charge < -0.3 is 48.9 Å². The number of piperidine rings is 2. The lowest BCUT2D eigenvalue weighted by Gasteiger charge is -2.44. The Labute approximate surface area is 572 Å². The van der Waals surface area contributed by atoms with Gasteiger partial charge in [0.2, 0.25) is 11.8 Å². The second-order valence-corrected chi connectivity index (χ2v) is 27.8. The standard InChI is InChI=1S/C74H87F7N8O8S/c1-82(34-14-6-9-22-66(90)84(3)42-43-86-37-29-59(30-38-86)89(70(94)95)63-21-13-11-19-61(63)52-16-7-5-8-17-52)48-60-27-28-64(98-60)69(93)85(4)36-15-35-83(2)67(91)49-96-65-46-53-18-10-12-20-62(53)71(65)31-39-87(40-32-71)41-33-72(55-23-25-58(75)26-24-55)50-88(51-97-72)68(92)54-44-56(73(76,77)78)47-57(45-54)74(79,80)81/h5,7-8,10-13,16-21,23-28,44-45,47,59,65H,6,9,14-15,22,29-43,46,48-51H2,1-4H3,(H,94,95)/t65-,72+/m0/s1. The number of halogens is 7. The number of ether oxygens (including phenoxy) is 2. The molecule has 4 aliphatic rings. The molecule has 0 unspecified atom stereocenters. The van der Waals surface area contributed by atoms with E-state index in [4.69, 9.17) is 9.47 Å². The molecule has 0 saturated carbocycles. The van der Waals surface area contributed by atoms with Crippen LogP contribution in [0.4, 0.5) is 41.2 Å². The Morgan fingerprint density at radius 3 is 2.01 bits per heavy atom. The number of thiophene rings is 1. The van der Waals surface area contributed by atoms with Crippen LogP contribution < -0.4 is 4.90 Å². The number of carbonyl (C=O) groups is 5. The van der Waals surface area contributed by atoms with Crippen LogP contribution in [-0.4, -0.2) is 195 Å². The zero-order valence-electron chi connectivity index (χ0n) is 56.0. The SMILES string of the molecule is CN(CCCCCC(=O)N(C)CCN1CCC(N(C(=O)O)c2ccccc2-c2ccccc2)CC1)Cc1ccc(C(=O)N(C)CCCN(C)C(=O)CO[C@H]2Cc3ccccc3C23CCN(CC[C@]2(c4ccc(F)cc4)CN(C(=O)c4cc(C(F)(F)F)cc(C(F)(F)F)c4)CO2)CC3)s1. The van der Waals surface area contributed by atoms with Crippen LogP contribution in [-0.2, 0) is 55.4 Å². The predicted molar refractivity (Wildman–Crippen MR) is 361 cm³/mol. The first-order chi connectivity index (χ1) is 46.8. The van der Waals surface area contributed by atoms with Crippen LogP contribution in [0.2, 0.25) is 0 Å². The summed E-state index contributed by atoms with van der Waals surface area (Å²) in [7, 11) is 7.39. The van der Waals surface area contributed by atoms with E-state index in [0.717, 1.165) is 77.5 Å². The molecule has 3 saturated heterocycles. The van der Waals surface area contributed by atoms with Crippen molar-refractivity contribution in [2.75, 3.05) is 118 Å². The number of likely N-dealkylation sites (N-methyl/N-ethyl adjacent to an activating group) is 2. The van der Waals surface area contributed by atoms with Crippen molar-refractivity contribution in [2.24, 2.45) is 0 Å². The van der Waals surface area contributed by atoms with Gasteiger partial charge in [-0.25, -0.2) is 9.18 Å². The second-order valence-electron chi connectivity index (χ2n) is 26.6. The second kappa shape index (κ2) is 32.1. The van der Waals surface area contributed by atoms with Gasteiger partial charge in [-0.05, 0) is 155 Å². The van der Waals surface area contributed by atoms with Crippen molar-refractivity contribution in [3.63, 3.8) is 0 Å². The van der Waals surface area contributed by atoms with Crippen LogP contribution in [0.1, 0.15) is 117 Å². The highest BCUT2D eigenvalue weighted by Crippen LogP contribution is 2.49. The summed E-state index contributed by atoms with van der Waals surface area (Å²) >= 11 is 1.47. The number of anilines is 1. The number of rotatable bonds is 27. The third kappa shape index (κ3) is 17.8. The molecule has 1 aliphatic carbocycles. The fraction of sp³-hybridized carbons (Fsp3) is 0.473. The van der Waals surface area contributed by atoms with E-state index in [2.05, 4.69) is 33.9 Å². The number of nitrogens with zero attached hydrogens (tertiary/aromatic N) is 8. The summed E-state index contributed by atoms with van der Waals surface area (Å²) < 4.78 is 110. The number of hydrogen-bond donors (Lipinski definition) is 1. The van der Waals surface area contributed by atoms with Gasteiger partial charge in [0, 0.05) is 107 Å². The topological polar surface area (TPSA) is 150 Å². The highest BCUT2D eigenvalue weighted by Gasteiger charge is 2.50. The van der Waals surface area contributed by atoms with Crippen molar-refractivity contribution in [3.8, 4) is 11.1 Å². The van der Waals surface area contributed by atoms with E-state index in [1.807, 2.05) is 85.9 Å². The van der Waals surface area contributed by atoms with Crippen molar-refractivity contribution in [1.29, 1.82) is 0 Å². The summed E-state index contributed by atoms with van der Waals surface area (Å²) in [5, 5.41) is 10.4. The highest BCUT2D eigenvalue weighted by molar-refractivity contribution is 7.14. The van der Waals surface area contributed by atoms with Gasteiger partial charge in [0.1, 0.15) is 24.8 Å². The average Bonchev–Trinajstić information content (AvgIpc) is 1.39. The van der Waals surface area contributed by atoms with E-state index in [9.17, 15) is 59.8 Å². The molecule has 1 N–H and O–H groups in total. The molecule has 98 heavy (non-hydrogen) atoms. The third-order valence-electron chi connectivity index (χ3n) is 20.0. The van der Waals surface area contributed by atoms with Gasteiger partial charge >= 0.3 is 18.4 Å². The fourth-order valence-corrected chi connectivity index (χ4v) is 15.4. The lowest BCUT2D eigenvalue weighted by Crippen LogP contribution is -2.50. The van der Waals surface area contributed by atoms with E-state index in [1.165, 1.54) is 40.5 Å². The van der Waals surface area contributed by atoms with Crippen molar-refractivity contribution >= 4 is 46.7 Å². The van der Waals surface area contributed by atoms with E-state index in [-0.39, 0.29) is 55.5 Å². The van der Waals surface area contributed by atoms with Gasteiger partial charge in [-0.1, -0.05) is 91.3 Å². The molecule has 1 spiro atoms. The molecular formula is C74H87F7N8O8S. The summed E-state index contributed by atoms with van der Waals surface area (Å²) in [6.07, 6.45) is -4.28. The molecule has 3 fully saturated rings. The molecule has 2 atom stereocenters. The number of likely N-dealkylation sites (tertiary alicyclic amines) is 2. The maximum atomic E-state index is 14.3. The lowest BCUT2D eigenvalue weighted by molar-refractivity contribution is -0.143. The monoisotopic (exact) mass is 1380 g/mol. The van der Waals surface area contributed by atoms with Crippen LogP contribution in [0.25, 0.3) is 11.1 Å². The van der Waals surface area contributed by atoms with Gasteiger partial charge in [-0.2, -0.15) is 26.3 Å². The normalized spacial score (nSPS) is 18.3. The number of amides is 5. The van der Waals surface area contributed by atoms with Gasteiger partial charge in [-0.15, -0.1) is 11.3 Å². The molecule has 4 heterocycles. The minimum atomic E-state index is -5.15. The largest absolute Gasteiger partial charge is 0.465 e. The Morgan fingerprint density at radius 2 is 1.32 bits per heavy atom. The smallest absolute Gasteiger partial charge is 0.416 e. The molecular weight excluding hydrogens is 1290 g/mol. The first-order valence-corrected chi connectivity index (χ1v) is 34.4. The Balaban J connectivity index is 0.617. The molecule has 5 aromatic carbocycles. The van der Waals surface area contributed by atoms with E-state index in [0.29, 0.717) is 119 Å². The van der Waals surface area contributed by atoms with Gasteiger partial charge in [0.25, 0.3) is 11.8 Å². The number of alkyl halides is 6.